The number of guanidine groups is 1. The molecule has 1 aliphatic carbocycles. The lowest BCUT2D eigenvalue weighted by Crippen LogP contribution is -2.52. The van der Waals surface area contributed by atoms with E-state index in [1.165, 1.54) is 0 Å². The predicted octanol–water partition coefficient (Wildman–Crippen LogP) is -1.10. The Kier molecular flexibility index (Phi) is 2.08. The minimum Gasteiger partial charge on any atom is -0.370 e. The zero-order valence-electron chi connectivity index (χ0n) is 7.49. The topological polar surface area (TPSA) is 70.7 Å². The second-order valence-corrected chi connectivity index (χ2v) is 3.49. The van der Waals surface area contributed by atoms with Gasteiger partial charge in [-0.05, 0) is 12.8 Å². The molecule has 1 amide bonds. The first-order valence-corrected chi connectivity index (χ1v) is 4.60. The number of amides is 1. The van der Waals surface area contributed by atoms with E-state index in [0.717, 1.165) is 19.4 Å². The quantitative estimate of drug-likeness (QED) is 0.399. The van der Waals surface area contributed by atoms with Gasteiger partial charge in [-0.3, -0.25) is 4.79 Å². The predicted molar refractivity (Wildman–Crippen MR) is 49.2 cm³/mol. The van der Waals surface area contributed by atoms with Crippen LogP contribution in [-0.2, 0) is 4.79 Å². The van der Waals surface area contributed by atoms with Crippen molar-refractivity contribution in [3.8, 4) is 0 Å². The van der Waals surface area contributed by atoms with Gasteiger partial charge in [0.1, 0.15) is 0 Å². The SMILES string of the molecule is NC(=NC1CC1)N1CCNC(=O)C1. The lowest BCUT2D eigenvalue weighted by Gasteiger charge is -2.27. The lowest BCUT2D eigenvalue weighted by molar-refractivity contribution is -0.122. The Morgan fingerprint density at radius 3 is 3.00 bits per heavy atom. The standard InChI is InChI=1S/C8H14N4O/c9-8(11-6-1-2-6)12-4-3-10-7(13)5-12/h6H,1-5H2,(H2,9,11)(H,10,13). The Balaban J connectivity index is 1.94. The third kappa shape index (κ3) is 2.11. The number of nitrogens with zero attached hydrogens (tertiary/aromatic N) is 2. The van der Waals surface area contributed by atoms with Gasteiger partial charge in [-0.2, -0.15) is 0 Å². The van der Waals surface area contributed by atoms with Crippen LogP contribution in [0.3, 0.4) is 0 Å². The molecule has 13 heavy (non-hydrogen) atoms. The summed E-state index contributed by atoms with van der Waals surface area (Å²) in [7, 11) is 0. The van der Waals surface area contributed by atoms with E-state index in [-0.39, 0.29) is 5.91 Å². The van der Waals surface area contributed by atoms with Crippen LogP contribution in [-0.4, -0.2) is 42.4 Å². The van der Waals surface area contributed by atoms with Gasteiger partial charge in [0, 0.05) is 13.1 Å². The highest BCUT2D eigenvalue weighted by molar-refractivity contribution is 5.86. The number of nitrogens with one attached hydrogen (secondary N) is 1. The molecule has 0 unspecified atom stereocenters. The first-order chi connectivity index (χ1) is 6.25. The maximum atomic E-state index is 11.0. The van der Waals surface area contributed by atoms with Crippen molar-refractivity contribution in [2.45, 2.75) is 18.9 Å². The molecule has 1 aliphatic heterocycles. The highest BCUT2D eigenvalue weighted by Gasteiger charge is 2.23. The average Bonchev–Trinajstić information content (AvgIpc) is 2.88. The molecule has 1 heterocycles. The van der Waals surface area contributed by atoms with Crippen LogP contribution in [0.1, 0.15) is 12.8 Å². The maximum absolute atomic E-state index is 11.0. The molecule has 2 fully saturated rings. The van der Waals surface area contributed by atoms with Crippen LogP contribution in [0.2, 0.25) is 0 Å². The van der Waals surface area contributed by atoms with E-state index in [1.807, 2.05) is 4.90 Å². The average molecular weight is 182 g/mol. The van der Waals surface area contributed by atoms with Gasteiger partial charge < -0.3 is 16.0 Å². The molecule has 2 aliphatic rings. The van der Waals surface area contributed by atoms with E-state index in [9.17, 15) is 4.79 Å². The van der Waals surface area contributed by atoms with Crippen LogP contribution in [0.4, 0.5) is 0 Å². The van der Waals surface area contributed by atoms with E-state index in [0.29, 0.717) is 25.1 Å². The summed E-state index contributed by atoms with van der Waals surface area (Å²) in [5, 5.41) is 2.74. The van der Waals surface area contributed by atoms with Crippen LogP contribution >= 0.6 is 0 Å². The number of piperazine rings is 1. The summed E-state index contributed by atoms with van der Waals surface area (Å²) in [5.74, 6) is 0.553. The van der Waals surface area contributed by atoms with Crippen molar-refractivity contribution in [3.63, 3.8) is 0 Å². The molecule has 72 valence electrons. The van der Waals surface area contributed by atoms with E-state index in [2.05, 4.69) is 10.3 Å². The summed E-state index contributed by atoms with van der Waals surface area (Å²) in [6, 6.07) is 0.421. The van der Waals surface area contributed by atoms with Gasteiger partial charge in [-0.25, -0.2) is 4.99 Å². The number of carbonyl (C=O) groups is 1. The van der Waals surface area contributed by atoms with Crippen LogP contribution in [0.5, 0.6) is 0 Å². The molecule has 0 aromatic carbocycles. The van der Waals surface area contributed by atoms with E-state index in [1.54, 1.807) is 0 Å². The molecular formula is C8H14N4O. The second kappa shape index (κ2) is 3.24. The summed E-state index contributed by atoms with van der Waals surface area (Å²) >= 11 is 0. The molecule has 0 radical (unpaired) electrons. The largest absolute Gasteiger partial charge is 0.370 e. The van der Waals surface area contributed by atoms with Gasteiger partial charge in [0.15, 0.2) is 5.96 Å². The monoisotopic (exact) mass is 182 g/mol. The van der Waals surface area contributed by atoms with Crippen molar-refractivity contribution in [2.24, 2.45) is 10.7 Å². The lowest BCUT2D eigenvalue weighted by atomic mass is 10.4. The maximum Gasteiger partial charge on any atom is 0.239 e. The Morgan fingerprint density at radius 1 is 1.62 bits per heavy atom. The highest BCUT2D eigenvalue weighted by atomic mass is 16.2. The molecule has 1 saturated heterocycles. The first-order valence-electron chi connectivity index (χ1n) is 4.60. The van der Waals surface area contributed by atoms with Crippen molar-refractivity contribution in [2.75, 3.05) is 19.6 Å². The third-order valence-corrected chi connectivity index (χ3v) is 2.22. The molecule has 1 saturated carbocycles. The van der Waals surface area contributed by atoms with Gasteiger partial charge >= 0.3 is 0 Å². The Morgan fingerprint density at radius 2 is 2.38 bits per heavy atom. The van der Waals surface area contributed by atoms with Crippen molar-refractivity contribution in [1.82, 2.24) is 10.2 Å². The van der Waals surface area contributed by atoms with Crippen molar-refractivity contribution in [1.29, 1.82) is 0 Å². The first kappa shape index (κ1) is 8.34. The van der Waals surface area contributed by atoms with Crippen LogP contribution in [0.15, 0.2) is 4.99 Å². The number of rotatable bonds is 1. The molecule has 5 heteroatoms. The number of carbonyl (C=O) groups excluding carboxylic acids is 1. The van der Waals surface area contributed by atoms with Gasteiger partial charge in [0.05, 0.1) is 12.6 Å². The summed E-state index contributed by atoms with van der Waals surface area (Å²) in [6.45, 7) is 1.79. The molecule has 5 nitrogen and oxygen atoms in total. The van der Waals surface area contributed by atoms with Crippen molar-refractivity contribution < 1.29 is 4.79 Å². The molecule has 0 aromatic heterocycles. The van der Waals surface area contributed by atoms with Crippen LogP contribution < -0.4 is 11.1 Å². The van der Waals surface area contributed by atoms with E-state index < -0.39 is 0 Å². The van der Waals surface area contributed by atoms with E-state index in [4.69, 9.17) is 5.73 Å². The summed E-state index contributed by atoms with van der Waals surface area (Å²) in [4.78, 5) is 17.1. The van der Waals surface area contributed by atoms with Gasteiger partial charge in [-0.15, -0.1) is 0 Å². The minimum absolute atomic E-state index is 0.0280. The molecule has 0 spiro atoms. The fourth-order valence-electron chi connectivity index (χ4n) is 1.31. The zero-order valence-corrected chi connectivity index (χ0v) is 7.49. The fourth-order valence-corrected chi connectivity index (χ4v) is 1.31. The third-order valence-electron chi connectivity index (χ3n) is 2.22. The molecule has 0 bridgehead atoms. The Bertz CT molecular complexity index is 247. The van der Waals surface area contributed by atoms with Gasteiger partial charge in [0.2, 0.25) is 5.91 Å². The number of hydrogen-bond donors (Lipinski definition) is 2. The second-order valence-electron chi connectivity index (χ2n) is 3.49. The summed E-state index contributed by atoms with van der Waals surface area (Å²) in [5.41, 5.74) is 5.75. The van der Waals surface area contributed by atoms with Gasteiger partial charge in [-0.1, -0.05) is 0 Å². The van der Waals surface area contributed by atoms with E-state index >= 15 is 0 Å². The Hall–Kier alpha value is -1.26. The minimum atomic E-state index is 0.0280. The summed E-state index contributed by atoms with van der Waals surface area (Å²) < 4.78 is 0. The zero-order chi connectivity index (χ0) is 9.26. The summed E-state index contributed by atoms with van der Waals surface area (Å²) in [6.07, 6.45) is 2.28. The molecule has 2 rings (SSSR count). The normalized spacial score (nSPS) is 24.5. The highest BCUT2D eigenvalue weighted by Crippen LogP contribution is 2.23. The van der Waals surface area contributed by atoms with Gasteiger partial charge in [0.25, 0.3) is 0 Å². The smallest absolute Gasteiger partial charge is 0.239 e. The number of nitrogens with two attached hydrogens (primary N) is 1. The molecule has 0 atom stereocenters. The molecular weight excluding hydrogens is 168 g/mol. The number of aliphatic imine (C=N–C) groups is 1. The van der Waals surface area contributed by atoms with Crippen LogP contribution in [0, 0.1) is 0 Å². The van der Waals surface area contributed by atoms with Crippen molar-refractivity contribution in [3.05, 3.63) is 0 Å². The van der Waals surface area contributed by atoms with Crippen LogP contribution in [0.25, 0.3) is 0 Å². The van der Waals surface area contributed by atoms with Crippen molar-refractivity contribution >= 4 is 11.9 Å². The number of hydrogen-bond acceptors (Lipinski definition) is 2. The fraction of sp³-hybridized carbons (Fsp3) is 0.750. The Labute approximate surface area is 77.0 Å². The molecule has 3 N–H and O–H groups in total. The molecule has 0 aromatic rings.